The van der Waals surface area contributed by atoms with E-state index in [2.05, 4.69) is 4.74 Å². The van der Waals surface area contributed by atoms with Crippen LogP contribution in [0.4, 0.5) is 18.9 Å². The Balaban J connectivity index is 3.07. The number of benzene rings is 1. The minimum atomic E-state index is -4.54. The van der Waals surface area contributed by atoms with Crippen molar-refractivity contribution >= 4 is 17.6 Å². The summed E-state index contributed by atoms with van der Waals surface area (Å²) in [6, 6.07) is 4.14. The summed E-state index contributed by atoms with van der Waals surface area (Å²) in [5.41, 5.74) is -0.932. The number of amides is 1. The highest BCUT2D eigenvalue weighted by Crippen LogP contribution is 2.31. The lowest BCUT2D eigenvalue weighted by Crippen LogP contribution is -2.35. The fourth-order valence-electron chi connectivity index (χ4n) is 1.66. The predicted octanol–water partition coefficient (Wildman–Crippen LogP) is 2.16. The molecule has 8 heteroatoms. The number of carboxylic acids is 1. The van der Waals surface area contributed by atoms with Crippen LogP contribution in [0, 0.1) is 0 Å². The first kappa shape index (κ1) is 17.0. The van der Waals surface area contributed by atoms with Crippen LogP contribution in [0.3, 0.4) is 0 Å². The summed E-state index contributed by atoms with van der Waals surface area (Å²) >= 11 is 0. The Labute approximate surface area is 118 Å². The molecule has 1 aromatic rings. The molecule has 0 radical (unpaired) electrons. The van der Waals surface area contributed by atoms with Crippen molar-refractivity contribution in [1.82, 2.24) is 0 Å². The van der Waals surface area contributed by atoms with E-state index in [0.717, 1.165) is 23.1 Å². The van der Waals surface area contributed by atoms with Crippen LogP contribution in [0.2, 0.25) is 0 Å². The van der Waals surface area contributed by atoms with Gasteiger partial charge in [-0.25, -0.2) is 0 Å². The zero-order valence-corrected chi connectivity index (χ0v) is 11.2. The first-order valence-electron chi connectivity index (χ1n) is 5.94. The minimum absolute atomic E-state index is 0.0203. The van der Waals surface area contributed by atoms with E-state index in [1.807, 2.05) is 0 Å². The molecule has 1 aromatic carbocycles. The van der Waals surface area contributed by atoms with Crippen LogP contribution in [0.25, 0.3) is 0 Å². The number of alkyl halides is 3. The third-order valence-electron chi connectivity index (χ3n) is 2.60. The van der Waals surface area contributed by atoms with Crippen molar-refractivity contribution in [1.29, 1.82) is 0 Å². The van der Waals surface area contributed by atoms with Crippen molar-refractivity contribution in [2.24, 2.45) is 0 Å². The van der Waals surface area contributed by atoms with E-state index in [1.54, 1.807) is 0 Å². The van der Waals surface area contributed by atoms with Crippen LogP contribution in [0.15, 0.2) is 24.3 Å². The Morgan fingerprint density at radius 3 is 2.52 bits per heavy atom. The van der Waals surface area contributed by atoms with Gasteiger partial charge in [0.05, 0.1) is 12.0 Å². The van der Waals surface area contributed by atoms with Crippen molar-refractivity contribution in [3.63, 3.8) is 0 Å². The molecule has 1 N–H and O–H groups in total. The fourth-order valence-corrected chi connectivity index (χ4v) is 1.66. The molecular weight excluding hydrogens is 291 g/mol. The summed E-state index contributed by atoms with van der Waals surface area (Å²) < 4.78 is 42.7. The largest absolute Gasteiger partial charge is 0.481 e. The zero-order chi connectivity index (χ0) is 16.0. The highest BCUT2D eigenvalue weighted by molar-refractivity contribution is 5.94. The Morgan fingerprint density at radius 2 is 2.00 bits per heavy atom. The summed E-state index contributed by atoms with van der Waals surface area (Å²) in [7, 11) is 1.26. The summed E-state index contributed by atoms with van der Waals surface area (Å²) in [6.07, 6.45) is -4.93. The Morgan fingerprint density at radius 1 is 1.33 bits per heavy atom. The second kappa shape index (κ2) is 7.07. The van der Waals surface area contributed by atoms with Crippen molar-refractivity contribution in [3.05, 3.63) is 29.8 Å². The molecule has 0 saturated carbocycles. The van der Waals surface area contributed by atoms with E-state index in [-0.39, 0.29) is 25.3 Å². The first-order valence-corrected chi connectivity index (χ1v) is 5.94. The maximum absolute atomic E-state index is 12.7. The molecule has 0 spiro atoms. The van der Waals surface area contributed by atoms with E-state index in [4.69, 9.17) is 5.11 Å². The van der Waals surface area contributed by atoms with Gasteiger partial charge < -0.3 is 14.7 Å². The lowest BCUT2D eigenvalue weighted by atomic mass is 10.1. The third-order valence-corrected chi connectivity index (χ3v) is 2.60. The average Bonchev–Trinajstić information content (AvgIpc) is 2.38. The van der Waals surface area contributed by atoms with Gasteiger partial charge in [-0.15, -0.1) is 0 Å². The predicted molar refractivity (Wildman–Crippen MR) is 67.9 cm³/mol. The summed E-state index contributed by atoms with van der Waals surface area (Å²) in [5, 5.41) is 8.66. The second-order valence-electron chi connectivity index (χ2n) is 4.17. The van der Waals surface area contributed by atoms with Gasteiger partial charge in [-0.05, 0) is 18.2 Å². The number of rotatable bonds is 6. The number of aliphatic carboxylic acids is 1. The summed E-state index contributed by atoms with van der Waals surface area (Å²) in [5.74, 6) is -1.77. The molecule has 0 unspecified atom stereocenters. The van der Waals surface area contributed by atoms with Crippen molar-refractivity contribution < 1.29 is 32.6 Å². The van der Waals surface area contributed by atoms with Gasteiger partial charge in [0.1, 0.15) is 6.61 Å². The number of methoxy groups -OCH3 is 1. The average molecular weight is 305 g/mol. The molecular formula is C13H14F3NO4. The molecule has 0 aliphatic carbocycles. The van der Waals surface area contributed by atoms with Crippen LogP contribution in [-0.2, 0) is 20.5 Å². The van der Waals surface area contributed by atoms with Crippen LogP contribution >= 0.6 is 0 Å². The Hall–Kier alpha value is -2.09. The van der Waals surface area contributed by atoms with Gasteiger partial charge in [0.15, 0.2) is 0 Å². The van der Waals surface area contributed by atoms with Crippen LogP contribution in [0.1, 0.15) is 12.0 Å². The topological polar surface area (TPSA) is 66.8 Å². The van der Waals surface area contributed by atoms with Gasteiger partial charge in [0.25, 0.3) is 5.91 Å². The number of hydrogen-bond donors (Lipinski definition) is 1. The fraction of sp³-hybridized carbons (Fsp3) is 0.385. The van der Waals surface area contributed by atoms with E-state index >= 15 is 0 Å². The molecule has 0 saturated heterocycles. The molecule has 1 amide bonds. The van der Waals surface area contributed by atoms with Crippen molar-refractivity contribution in [3.8, 4) is 0 Å². The molecule has 116 valence electrons. The highest BCUT2D eigenvalue weighted by atomic mass is 19.4. The molecule has 0 aromatic heterocycles. The lowest BCUT2D eigenvalue weighted by molar-refractivity contribution is -0.138. The quantitative estimate of drug-likeness (QED) is 0.874. The molecule has 21 heavy (non-hydrogen) atoms. The monoisotopic (exact) mass is 305 g/mol. The van der Waals surface area contributed by atoms with E-state index in [1.165, 1.54) is 13.2 Å². The molecule has 0 aliphatic heterocycles. The number of carboxylic acid groups (broad SMARTS) is 1. The smallest absolute Gasteiger partial charge is 0.416 e. The SMILES string of the molecule is COCC(=O)N(CCC(=O)O)c1cccc(C(F)(F)F)c1. The molecule has 0 aliphatic rings. The van der Waals surface area contributed by atoms with Crippen molar-refractivity contribution in [2.75, 3.05) is 25.2 Å². The Kier molecular flexibility index (Phi) is 5.71. The van der Waals surface area contributed by atoms with E-state index in [9.17, 15) is 22.8 Å². The standard InChI is InChI=1S/C13H14F3NO4/c1-21-8-11(18)17(6-5-12(19)20)10-4-2-3-9(7-10)13(14,15)16/h2-4,7H,5-6,8H2,1H3,(H,19,20). The van der Waals surface area contributed by atoms with E-state index < -0.39 is 23.6 Å². The number of ether oxygens (including phenoxy) is 1. The van der Waals surface area contributed by atoms with Gasteiger partial charge in [-0.2, -0.15) is 13.2 Å². The van der Waals surface area contributed by atoms with Gasteiger partial charge in [0.2, 0.25) is 0 Å². The first-order chi connectivity index (χ1) is 9.75. The number of nitrogens with zero attached hydrogens (tertiary/aromatic N) is 1. The second-order valence-corrected chi connectivity index (χ2v) is 4.17. The number of halogens is 3. The third kappa shape index (κ3) is 5.07. The van der Waals surface area contributed by atoms with Crippen molar-refractivity contribution in [2.45, 2.75) is 12.6 Å². The zero-order valence-electron chi connectivity index (χ0n) is 11.2. The van der Waals surface area contributed by atoms with Crippen LogP contribution in [0.5, 0.6) is 0 Å². The lowest BCUT2D eigenvalue weighted by Gasteiger charge is -2.22. The molecule has 5 nitrogen and oxygen atoms in total. The molecule has 1 rings (SSSR count). The highest BCUT2D eigenvalue weighted by Gasteiger charge is 2.31. The molecule has 0 heterocycles. The number of carbonyl (C=O) groups excluding carboxylic acids is 1. The minimum Gasteiger partial charge on any atom is -0.481 e. The maximum atomic E-state index is 12.7. The van der Waals surface area contributed by atoms with Gasteiger partial charge in [0, 0.05) is 19.3 Å². The van der Waals surface area contributed by atoms with E-state index in [0.29, 0.717) is 0 Å². The van der Waals surface area contributed by atoms with Gasteiger partial charge >= 0.3 is 12.1 Å². The van der Waals surface area contributed by atoms with Crippen LogP contribution in [-0.4, -0.2) is 37.2 Å². The Bertz CT molecular complexity index is 516. The molecule has 0 bridgehead atoms. The number of carbonyl (C=O) groups is 2. The van der Waals surface area contributed by atoms with Gasteiger partial charge in [-0.3, -0.25) is 9.59 Å². The normalized spacial score (nSPS) is 11.2. The molecule has 0 fully saturated rings. The summed E-state index contributed by atoms with van der Waals surface area (Å²) in [4.78, 5) is 23.4. The maximum Gasteiger partial charge on any atom is 0.416 e. The molecule has 0 atom stereocenters. The van der Waals surface area contributed by atoms with Crippen LogP contribution < -0.4 is 4.90 Å². The number of anilines is 1. The number of hydrogen-bond acceptors (Lipinski definition) is 3. The van der Waals surface area contributed by atoms with Gasteiger partial charge in [-0.1, -0.05) is 6.07 Å². The summed E-state index contributed by atoms with van der Waals surface area (Å²) in [6.45, 7) is -0.589.